The predicted molar refractivity (Wildman–Crippen MR) is 51.3 cm³/mol. The fourth-order valence-corrected chi connectivity index (χ4v) is 1.32. The monoisotopic (exact) mass is 201 g/mol. The Hall–Kier alpha value is -0.600. The van der Waals surface area contributed by atoms with Gasteiger partial charge in [-0.15, -0.1) is 0 Å². The van der Waals surface area contributed by atoms with Crippen molar-refractivity contribution in [3.63, 3.8) is 0 Å². The summed E-state index contributed by atoms with van der Waals surface area (Å²) in [6.07, 6.45) is 0. The van der Waals surface area contributed by atoms with E-state index in [1.54, 1.807) is 13.2 Å². The van der Waals surface area contributed by atoms with Crippen LogP contribution in [0.4, 0.5) is 4.39 Å². The number of rotatable bonds is 3. The number of ether oxygens (including phenoxy) is 1. The second-order valence-electron chi connectivity index (χ2n) is 2.87. The Morgan fingerprint density at radius 3 is 2.69 bits per heavy atom. The lowest BCUT2D eigenvalue weighted by Crippen LogP contribution is -2.03. The second kappa shape index (κ2) is 4.58. The SMILES string of the molecule is COC[C](C)c1cc(F)cc(Cl)c1. The summed E-state index contributed by atoms with van der Waals surface area (Å²) in [5.74, 6) is 0.641. The van der Waals surface area contributed by atoms with Gasteiger partial charge in [-0.05, 0) is 23.8 Å². The van der Waals surface area contributed by atoms with E-state index in [-0.39, 0.29) is 5.82 Å². The third kappa shape index (κ3) is 2.98. The molecule has 0 saturated heterocycles. The van der Waals surface area contributed by atoms with Gasteiger partial charge in [-0.1, -0.05) is 18.5 Å². The van der Waals surface area contributed by atoms with Crippen LogP contribution in [-0.2, 0) is 4.74 Å². The fraction of sp³-hybridized carbons (Fsp3) is 0.300. The Kier molecular flexibility index (Phi) is 3.70. The summed E-state index contributed by atoms with van der Waals surface area (Å²) in [4.78, 5) is 0. The molecule has 1 rings (SSSR count). The summed E-state index contributed by atoms with van der Waals surface area (Å²) < 4.78 is 17.8. The molecule has 0 bridgehead atoms. The third-order valence-corrected chi connectivity index (χ3v) is 1.93. The highest BCUT2D eigenvalue weighted by Crippen LogP contribution is 2.20. The van der Waals surface area contributed by atoms with Gasteiger partial charge in [-0.2, -0.15) is 0 Å². The molecule has 1 aromatic carbocycles. The number of methoxy groups -OCH3 is 1. The summed E-state index contributed by atoms with van der Waals surface area (Å²) in [6.45, 7) is 2.37. The first kappa shape index (κ1) is 10.5. The van der Waals surface area contributed by atoms with E-state index in [0.717, 1.165) is 11.5 Å². The van der Waals surface area contributed by atoms with Crippen molar-refractivity contribution >= 4 is 11.6 Å². The van der Waals surface area contributed by atoms with Gasteiger partial charge in [0.05, 0.1) is 6.61 Å². The number of hydrogen-bond acceptors (Lipinski definition) is 1. The normalized spacial score (nSPS) is 10.8. The zero-order chi connectivity index (χ0) is 9.84. The smallest absolute Gasteiger partial charge is 0.124 e. The first-order chi connectivity index (χ1) is 6.13. The van der Waals surface area contributed by atoms with Crippen molar-refractivity contribution in [3.05, 3.63) is 40.5 Å². The van der Waals surface area contributed by atoms with Gasteiger partial charge < -0.3 is 4.74 Å². The highest BCUT2D eigenvalue weighted by molar-refractivity contribution is 6.30. The molecule has 0 heterocycles. The van der Waals surface area contributed by atoms with Crippen LogP contribution in [0.3, 0.4) is 0 Å². The van der Waals surface area contributed by atoms with Crippen LogP contribution in [0, 0.1) is 11.7 Å². The molecule has 0 aliphatic carbocycles. The van der Waals surface area contributed by atoms with Gasteiger partial charge >= 0.3 is 0 Å². The molecule has 0 saturated carbocycles. The Labute approximate surface area is 82.5 Å². The maximum Gasteiger partial charge on any atom is 0.124 e. The molecule has 1 radical (unpaired) electrons. The average molecular weight is 202 g/mol. The zero-order valence-electron chi connectivity index (χ0n) is 7.60. The molecule has 0 unspecified atom stereocenters. The van der Waals surface area contributed by atoms with Crippen LogP contribution >= 0.6 is 11.6 Å². The molecule has 0 aliphatic heterocycles. The van der Waals surface area contributed by atoms with Crippen LogP contribution in [-0.4, -0.2) is 13.7 Å². The van der Waals surface area contributed by atoms with Gasteiger partial charge in [-0.25, -0.2) is 4.39 Å². The molecule has 1 nitrogen and oxygen atoms in total. The third-order valence-electron chi connectivity index (χ3n) is 1.72. The minimum atomic E-state index is -0.321. The molecule has 71 valence electrons. The van der Waals surface area contributed by atoms with Crippen LogP contribution in [0.25, 0.3) is 0 Å². The number of halogens is 2. The van der Waals surface area contributed by atoms with E-state index in [9.17, 15) is 4.39 Å². The molecule has 0 aliphatic rings. The van der Waals surface area contributed by atoms with E-state index in [2.05, 4.69) is 0 Å². The van der Waals surface area contributed by atoms with Crippen molar-refractivity contribution in [3.8, 4) is 0 Å². The molecule has 0 aromatic heterocycles. The average Bonchev–Trinajstić information content (AvgIpc) is 2.03. The van der Waals surface area contributed by atoms with Gasteiger partial charge in [0.15, 0.2) is 0 Å². The highest BCUT2D eigenvalue weighted by atomic mass is 35.5. The van der Waals surface area contributed by atoms with Gasteiger partial charge in [0.1, 0.15) is 5.82 Å². The fourth-order valence-electron chi connectivity index (χ4n) is 1.10. The first-order valence-corrected chi connectivity index (χ1v) is 4.29. The van der Waals surface area contributed by atoms with E-state index in [0.29, 0.717) is 11.6 Å². The van der Waals surface area contributed by atoms with E-state index in [1.807, 2.05) is 6.92 Å². The molecule has 13 heavy (non-hydrogen) atoms. The minimum Gasteiger partial charge on any atom is -0.384 e. The molecular weight excluding hydrogens is 191 g/mol. The topological polar surface area (TPSA) is 9.23 Å². The lowest BCUT2D eigenvalue weighted by Gasteiger charge is -2.09. The molecule has 3 heteroatoms. The van der Waals surface area contributed by atoms with E-state index >= 15 is 0 Å². The Bertz CT molecular complexity index is 268. The van der Waals surface area contributed by atoms with Crippen LogP contribution in [0.15, 0.2) is 18.2 Å². The first-order valence-electron chi connectivity index (χ1n) is 3.91. The van der Waals surface area contributed by atoms with Crippen LogP contribution in [0.2, 0.25) is 5.02 Å². The van der Waals surface area contributed by atoms with Gasteiger partial charge in [0.2, 0.25) is 0 Å². The lowest BCUT2D eigenvalue weighted by atomic mass is 10.0. The predicted octanol–water partition coefficient (Wildman–Crippen LogP) is 3.07. The number of hydrogen-bond donors (Lipinski definition) is 0. The summed E-state index contributed by atoms with van der Waals surface area (Å²) in [5.41, 5.74) is 0.784. The molecule has 0 fully saturated rings. The van der Waals surface area contributed by atoms with Crippen molar-refractivity contribution in [2.24, 2.45) is 0 Å². The molecule has 1 aromatic rings. The van der Waals surface area contributed by atoms with Crippen molar-refractivity contribution in [1.29, 1.82) is 0 Å². The Balaban J connectivity index is 2.87. The Morgan fingerprint density at radius 1 is 1.46 bits per heavy atom. The molecule has 0 atom stereocenters. The van der Waals surface area contributed by atoms with Gasteiger partial charge in [0.25, 0.3) is 0 Å². The van der Waals surface area contributed by atoms with E-state index in [4.69, 9.17) is 16.3 Å². The van der Waals surface area contributed by atoms with Crippen LogP contribution < -0.4 is 0 Å². The molecule has 0 spiro atoms. The second-order valence-corrected chi connectivity index (χ2v) is 3.31. The highest BCUT2D eigenvalue weighted by Gasteiger charge is 2.07. The van der Waals surface area contributed by atoms with Crippen molar-refractivity contribution in [1.82, 2.24) is 0 Å². The van der Waals surface area contributed by atoms with Crippen molar-refractivity contribution in [2.45, 2.75) is 6.92 Å². The standard InChI is InChI=1S/C10H11ClFO/c1-7(6-13-2)8-3-9(11)5-10(12)4-8/h3-5H,6H2,1-2H3. The number of benzene rings is 1. The summed E-state index contributed by atoms with van der Waals surface area (Å²) in [6, 6.07) is 4.45. The van der Waals surface area contributed by atoms with Crippen molar-refractivity contribution in [2.75, 3.05) is 13.7 Å². The van der Waals surface area contributed by atoms with E-state index in [1.165, 1.54) is 12.1 Å². The zero-order valence-corrected chi connectivity index (χ0v) is 8.36. The molecular formula is C10H11ClFO. The lowest BCUT2D eigenvalue weighted by molar-refractivity contribution is 0.214. The largest absolute Gasteiger partial charge is 0.384 e. The van der Waals surface area contributed by atoms with E-state index < -0.39 is 0 Å². The van der Waals surface area contributed by atoms with Crippen LogP contribution in [0.5, 0.6) is 0 Å². The summed E-state index contributed by atoms with van der Waals surface area (Å²) >= 11 is 5.70. The van der Waals surface area contributed by atoms with Crippen molar-refractivity contribution < 1.29 is 9.13 Å². The Morgan fingerprint density at radius 2 is 2.15 bits per heavy atom. The molecule has 0 amide bonds. The molecule has 0 N–H and O–H groups in total. The van der Waals surface area contributed by atoms with Gasteiger partial charge in [0, 0.05) is 18.1 Å². The summed E-state index contributed by atoms with van der Waals surface area (Å²) in [7, 11) is 1.60. The maximum atomic E-state index is 12.9. The summed E-state index contributed by atoms with van der Waals surface area (Å²) in [5, 5.41) is 0.408. The minimum absolute atomic E-state index is 0.321. The van der Waals surface area contributed by atoms with Gasteiger partial charge in [-0.3, -0.25) is 0 Å². The maximum absolute atomic E-state index is 12.9. The van der Waals surface area contributed by atoms with Crippen LogP contribution in [0.1, 0.15) is 12.5 Å². The quantitative estimate of drug-likeness (QED) is 0.731.